The second-order valence-corrected chi connectivity index (χ2v) is 5.65. The van der Waals surface area contributed by atoms with Gasteiger partial charge in [-0.2, -0.15) is 0 Å². The molecular formula is C14H29N. The fraction of sp³-hybridized carbons (Fsp3) is 0.857. The third kappa shape index (κ3) is 3.98. The Kier molecular flexibility index (Phi) is 5.58. The van der Waals surface area contributed by atoms with E-state index in [4.69, 9.17) is 0 Å². The van der Waals surface area contributed by atoms with Crippen LogP contribution in [0.2, 0.25) is 0 Å². The summed E-state index contributed by atoms with van der Waals surface area (Å²) in [6, 6.07) is 1.19. The van der Waals surface area contributed by atoms with Crippen molar-refractivity contribution in [2.24, 2.45) is 11.3 Å². The van der Waals surface area contributed by atoms with Crippen LogP contribution in [0.3, 0.4) is 0 Å². The van der Waals surface area contributed by atoms with E-state index in [1.54, 1.807) is 0 Å². The fourth-order valence-electron chi connectivity index (χ4n) is 1.92. The first-order valence-electron chi connectivity index (χ1n) is 6.09. The molecule has 0 aromatic rings. The Morgan fingerprint density at radius 3 is 1.87 bits per heavy atom. The predicted octanol–water partition coefficient (Wildman–Crippen LogP) is 3.95. The van der Waals surface area contributed by atoms with Crippen LogP contribution >= 0.6 is 0 Å². The van der Waals surface area contributed by atoms with Crippen molar-refractivity contribution in [2.45, 2.75) is 60.5 Å². The van der Waals surface area contributed by atoms with E-state index in [0.29, 0.717) is 18.0 Å². The molecular weight excluding hydrogens is 182 g/mol. The molecule has 1 heteroatoms. The summed E-state index contributed by atoms with van der Waals surface area (Å²) in [6.45, 7) is 15.9. The molecule has 1 nitrogen and oxygen atoms in total. The van der Waals surface area contributed by atoms with Gasteiger partial charge in [-0.1, -0.05) is 39.8 Å². The zero-order valence-electron chi connectivity index (χ0n) is 11.8. The van der Waals surface area contributed by atoms with Gasteiger partial charge in [0.2, 0.25) is 0 Å². The van der Waals surface area contributed by atoms with Gasteiger partial charge in [-0.25, -0.2) is 0 Å². The molecule has 0 saturated heterocycles. The minimum atomic E-state index is 0.243. The average Bonchev–Trinajstić information content (AvgIpc) is 2.14. The minimum absolute atomic E-state index is 0.243. The van der Waals surface area contributed by atoms with Gasteiger partial charge in [-0.15, -0.1) is 0 Å². The fourth-order valence-corrected chi connectivity index (χ4v) is 1.92. The monoisotopic (exact) mass is 211 g/mol. The van der Waals surface area contributed by atoms with Crippen molar-refractivity contribution in [3.05, 3.63) is 12.2 Å². The lowest BCUT2D eigenvalue weighted by Crippen LogP contribution is -2.46. The normalized spacial score (nSPS) is 17.7. The van der Waals surface area contributed by atoms with Crippen molar-refractivity contribution < 1.29 is 0 Å². The van der Waals surface area contributed by atoms with Crippen LogP contribution in [0.5, 0.6) is 0 Å². The molecule has 0 amide bonds. The summed E-state index contributed by atoms with van der Waals surface area (Å²) < 4.78 is 0. The molecule has 0 aliphatic heterocycles. The molecule has 0 aromatic heterocycles. The van der Waals surface area contributed by atoms with Crippen LogP contribution in [-0.4, -0.2) is 24.0 Å². The molecule has 0 aliphatic rings. The molecule has 0 heterocycles. The Morgan fingerprint density at radius 2 is 1.53 bits per heavy atom. The van der Waals surface area contributed by atoms with E-state index in [1.807, 2.05) is 0 Å². The standard InChI is InChI=1S/C14H29N/c1-9-10-14(6,7)13(5)15(8)12(4)11(2)3/h9-13H,1-8H3. The van der Waals surface area contributed by atoms with Gasteiger partial charge in [0.1, 0.15) is 0 Å². The van der Waals surface area contributed by atoms with Gasteiger partial charge in [-0.3, -0.25) is 4.90 Å². The highest BCUT2D eigenvalue weighted by molar-refractivity contribution is 4.99. The minimum Gasteiger partial charge on any atom is -0.300 e. The third-order valence-electron chi connectivity index (χ3n) is 3.89. The van der Waals surface area contributed by atoms with Crippen LogP contribution in [0.25, 0.3) is 0 Å². The molecule has 0 spiro atoms. The summed E-state index contributed by atoms with van der Waals surface area (Å²) in [6.07, 6.45) is 4.46. The van der Waals surface area contributed by atoms with Crippen molar-refractivity contribution in [1.29, 1.82) is 0 Å². The molecule has 90 valence electrons. The van der Waals surface area contributed by atoms with Crippen molar-refractivity contribution >= 4 is 0 Å². The second kappa shape index (κ2) is 5.69. The summed E-state index contributed by atoms with van der Waals surface area (Å²) in [7, 11) is 2.24. The van der Waals surface area contributed by atoms with Crippen molar-refractivity contribution in [3.8, 4) is 0 Å². The highest BCUT2D eigenvalue weighted by Gasteiger charge is 2.29. The Bertz CT molecular complexity index is 203. The predicted molar refractivity (Wildman–Crippen MR) is 70.1 cm³/mol. The molecule has 0 aromatic carbocycles. The maximum Gasteiger partial charge on any atom is 0.0152 e. The summed E-state index contributed by atoms with van der Waals surface area (Å²) in [5.74, 6) is 0.707. The zero-order chi connectivity index (χ0) is 12.2. The Labute approximate surface area is 96.6 Å². The Balaban J connectivity index is 4.63. The summed E-state index contributed by atoms with van der Waals surface area (Å²) in [4.78, 5) is 2.49. The lowest BCUT2D eigenvalue weighted by Gasteiger charge is -2.41. The van der Waals surface area contributed by atoms with E-state index in [9.17, 15) is 0 Å². The van der Waals surface area contributed by atoms with Gasteiger partial charge in [0.15, 0.2) is 0 Å². The van der Waals surface area contributed by atoms with Crippen molar-refractivity contribution in [1.82, 2.24) is 4.90 Å². The molecule has 0 rings (SSSR count). The van der Waals surface area contributed by atoms with Gasteiger partial charge in [0, 0.05) is 12.1 Å². The van der Waals surface area contributed by atoms with Crippen LogP contribution in [-0.2, 0) is 0 Å². The number of rotatable bonds is 5. The quantitative estimate of drug-likeness (QED) is 0.622. The maximum atomic E-state index is 2.49. The van der Waals surface area contributed by atoms with Crippen LogP contribution in [0.1, 0.15) is 48.5 Å². The molecule has 15 heavy (non-hydrogen) atoms. The lowest BCUT2D eigenvalue weighted by atomic mass is 9.83. The van der Waals surface area contributed by atoms with E-state index in [1.165, 1.54) is 0 Å². The van der Waals surface area contributed by atoms with Gasteiger partial charge in [-0.05, 0) is 39.2 Å². The Hall–Kier alpha value is -0.300. The summed E-state index contributed by atoms with van der Waals surface area (Å²) in [5, 5.41) is 0. The highest BCUT2D eigenvalue weighted by atomic mass is 15.2. The average molecular weight is 211 g/mol. The topological polar surface area (TPSA) is 3.24 Å². The molecule has 2 atom stereocenters. The van der Waals surface area contributed by atoms with Crippen molar-refractivity contribution in [3.63, 3.8) is 0 Å². The third-order valence-corrected chi connectivity index (χ3v) is 3.89. The lowest BCUT2D eigenvalue weighted by molar-refractivity contribution is 0.0979. The number of nitrogens with zero attached hydrogens (tertiary/aromatic N) is 1. The number of hydrogen-bond acceptors (Lipinski definition) is 1. The van der Waals surface area contributed by atoms with Gasteiger partial charge in [0.05, 0.1) is 0 Å². The first-order valence-corrected chi connectivity index (χ1v) is 6.09. The van der Waals surface area contributed by atoms with Crippen molar-refractivity contribution in [2.75, 3.05) is 7.05 Å². The van der Waals surface area contributed by atoms with E-state index >= 15 is 0 Å². The number of allylic oxidation sites excluding steroid dienone is 1. The smallest absolute Gasteiger partial charge is 0.0152 e. The largest absolute Gasteiger partial charge is 0.300 e. The first-order chi connectivity index (χ1) is 6.74. The first kappa shape index (κ1) is 14.7. The molecule has 0 bridgehead atoms. The van der Waals surface area contributed by atoms with Crippen LogP contribution in [0, 0.1) is 11.3 Å². The van der Waals surface area contributed by atoms with E-state index < -0.39 is 0 Å². The van der Waals surface area contributed by atoms with Gasteiger partial charge in [0.25, 0.3) is 0 Å². The molecule has 0 fully saturated rings. The SMILES string of the molecule is CC=CC(C)(C)C(C)N(C)C(C)C(C)C. The molecule has 0 aliphatic carbocycles. The van der Waals surface area contributed by atoms with E-state index in [2.05, 4.69) is 72.6 Å². The highest BCUT2D eigenvalue weighted by Crippen LogP contribution is 2.28. The summed E-state index contributed by atoms with van der Waals surface area (Å²) >= 11 is 0. The molecule has 0 radical (unpaired) electrons. The molecule has 0 saturated carbocycles. The maximum absolute atomic E-state index is 2.49. The second-order valence-electron chi connectivity index (χ2n) is 5.65. The van der Waals surface area contributed by atoms with Gasteiger partial charge < -0.3 is 0 Å². The van der Waals surface area contributed by atoms with Crippen LogP contribution in [0.15, 0.2) is 12.2 Å². The number of hydrogen-bond donors (Lipinski definition) is 0. The van der Waals surface area contributed by atoms with E-state index in [0.717, 1.165) is 0 Å². The zero-order valence-corrected chi connectivity index (χ0v) is 11.8. The Morgan fingerprint density at radius 1 is 1.07 bits per heavy atom. The van der Waals surface area contributed by atoms with E-state index in [-0.39, 0.29) is 5.41 Å². The molecule has 0 N–H and O–H groups in total. The molecule has 2 unspecified atom stereocenters. The summed E-state index contributed by atoms with van der Waals surface area (Å²) in [5.41, 5.74) is 0.243. The van der Waals surface area contributed by atoms with Crippen LogP contribution in [0.4, 0.5) is 0 Å². The van der Waals surface area contributed by atoms with Crippen LogP contribution < -0.4 is 0 Å². The van der Waals surface area contributed by atoms with Gasteiger partial charge >= 0.3 is 0 Å².